The maximum atomic E-state index is 13.0. The number of hydrogen-bond acceptors (Lipinski definition) is 5. The van der Waals surface area contributed by atoms with Crippen molar-refractivity contribution >= 4 is 22.4 Å². The van der Waals surface area contributed by atoms with Crippen molar-refractivity contribution < 1.29 is 9.18 Å². The Morgan fingerprint density at radius 3 is 2.61 bits per heavy atom. The van der Waals surface area contributed by atoms with E-state index in [1.165, 1.54) is 35.6 Å². The highest BCUT2D eigenvalue weighted by Crippen LogP contribution is 2.30. The van der Waals surface area contributed by atoms with Gasteiger partial charge in [-0.2, -0.15) is 5.10 Å². The second-order valence-electron chi connectivity index (χ2n) is 4.69. The van der Waals surface area contributed by atoms with Crippen molar-refractivity contribution in [2.75, 3.05) is 5.32 Å². The number of thiazole rings is 1. The number of aryl methyl sites for hydroxylation is 1. The molecule has 0 aliphatic carbocycles. The number of nitrogens with one attached hydrogen (secondary N) is 2. The molecule has 0 radical (unpaired) electrons. The third-order valence-electron chi connectivity index (χ3n) is 3.05. The highest BCUT2D eigenvalue weighted by Gasteiger charge is 2.14. The van der Waals surface area contributed by atoms with Crippen molar-refractivity contribution in [1.82, 2.24) is 15.2 Å². The first kappa shape index (κ1) is 15.0. The molecule has 3 aromatic rings. The molecule has 2 N–H and O–H groups in total. The third kappa shape index (κ3) is 3.32. The molecule has 0 unspecified atom stereocenters. The zero-order valence-electron chi connectivity index (χ0n) is 12.0. The standard InChI is InChI=1S/C15H11FN4O2S/c1-8-13(9-2-4-10(16)5-3-9)17-15(23-8)18-14(22)11-6-7-12(21)20-19-11/h2-7H,1H3,(H,20,21)(H,17,18,22). The number of aromatic nitrogens is 3. The number of benzene rings is 1. The summed E-state index contributed by atoms with van der Waals surface area (Å²) >= 11 is 1.30. The van der Waals surface area contributed by atoms with E-state index in [2.05, 4.69) is 20.5 Å². The van der Waals surface area contributed by atoms with E-state index >= 15 is 0 Å². The molecule has 0 aliphatic heterocycles. The lowest BCUT2D eigenvalue weighted by molar-refractivity contribution is 0.102. The van der Waals surface area contributed by atoms with E-state index in [0.717, 1.165) is 10.4 Å². The number of aromatic amines is 1. The zero-order valence-corrected chi connectivity index (χ0v) is 12.8. The fraction of sp³-hybridized carbons (Fsp3) is 0.0667. The topological polar surface area (TPSA) is 87.7 Å². The van der Waals surface area contributed by atoms with Crippen LogP contribution in [0.2, 0.25) is 0 Å². The molecule has 3 rings (SSSR count). The Morgan fingerprint density at radius 2 is 1.96 bits per heavy atom. The summed E-state index contributed by atoms with van der Waals surface area (Å²) in [5, 5.41) is 8.88. The third-order valence-corrected chi connectivity index (χ3v) is 3.93. The van der Waals surface area contributed by atoms with Gasteiger partial charge in [0.2, 0.25) is 0 Å². The van der Waals surface area contributed by atoms with Gasteiger partial charge in [-0.1, -0.05) is 0 Å². The molecule has 0 saturated heterocycles. The van der Waals surface area contributed by atoms with E-state index in [1.54, 1.807) is 12.1 Å². The first-order chi connectivity index (χ1) is 11.0. The molecule has 2 heterocycles. The minimum atomic E-state index is -0.472. The fourth-order valence-corrected chi connectivity index (χ4v) is 2.79. The second-order valence-corrected chi connectivity index (χ2v) is 5.89. The summed E-state index contributed by atoms with van der Waals surface area (Å²) in [5.41, 5.74) is 1.15. The second kappa shape index (κ2) is 6.09. The zero-order chi connectivity index (χ0) is 16.4. The monoisotopic (exact) mass is 330 g/mol. The van der Waals surface area contributed by atoms with Crippen LogP contribution in [-0.2, 0) is 0 Å². The molecule has 6 nitrogen and oxygen atoms in total. The smallest absolute Gasteiger partial charge is 0.277 e. The van der Waals surface area contributed by atoms with Crippen LogP contribution in [0.15, 0.2) is 41.2 Å². The summed E-state index contributed by atoms with van der Waals surface area (Å²) in [6.45, 7) is 1.87. The minimum absolute atomic E-state index is 0.0841. The van der Waals surface area contributed by atoms with Crippen LogP contribution in [0.3, 0.4) is 0 Å². The number of halogens is 1. The van der Waals surface area contributed by atoms with E-state index in [1.807, 2.05) is 6.92 Å². The summed E-state index contributed by atoms with van der Waals surface area (Å²) in [5.74, 6) is -0.792. The normalized spacial score (nSPS) is 10.5. The van der Waals surface area contributed by atoms with Gasteiger partial charge in [-0.25, -0.2) is 14.5 Å². The molecule has 0 aliphatic rings. The Hall–Kier alpha value is -2.87. The summed E-state index contributed by atoms with van der Waals surface area (Å²) < 4.78 is 13.0. The van der Waals surface area contributed by atoms with Crippen molar-refractivity contribution in [2.24, 2.45) is 0 Å². The van der Waals surface area contributed by atoms with Gasteiger partial charge in [0.15, 0.2) is 5.13 Å². The Balaban J connectivity index is 1.83. The molecule has 23 heavy (non-hydrogen) atoms. The fourth-order valence-electron chi connectivity index (χ4n) is 1.96. The van der Waals surface area contributed by atoms with E-state index in [4.69, 9.17) is 0 Å². The van der Waals surface area contributed by atoms with Crippen LogP contribution >= 0.6 is 11.3 Å². The predicted octanol–water partition coefficient (Wildman–Crippen LogP) is 2.59. The molecule has 0 fully saturated rings. The number of H-pyrrole nitrogens is 1. The number of anilines is 1. The number of carbonyl (C=O) groups excluding carboxylic acids is 1. The van der Waals surface area contributed by atoms with Gasteiger partial charge in [-0.05, 0) is 37.3 Å². The average molecular weight is 330 g/mol. The van der Waals surface area contributed by atoms with Crippen molar-refractivity contribution in [2.45, 2.75) is 6.92 Å². The van der Waals surface area contributed by atoms with Gasteiger partial charge in [-0.15, -0.1) is 11.3 Å². The van der Waals surface area contributed by atoms with Crippen molar-refractivity contribution in [3.8, 4) is 11.3 Å². The number of hydrogen-bond donors (Lipinski definition) is 2. The van der Waals surface area contributed by atoms with Gasteiger partial charge in [0.25, 0.3) is 11.5 Å². The molecule has 0 spiro atoms. The average Bonchev–Trinajstić information content (AvgIpc) is 2.89. The van der Waals surface area contributed by atoms with E-state index in [9.17, 15) is 14.0 Å². The van der Waals surface area contributed by atoms with Crippen LogP contribution in [-0.4, -0.2) is 21.1 Å². The van der Waals surface area contributed by atoms with Crippen LogP contribution in [0.5, 0.6) is 0 Å². The highest BCUT2D eigenvalue weighted by atomic mass is 32.1. The van der Waals surface area contributed by atoms with Gasteiger partial charge in [-0.3, -0.25) is 14.9 Å². The molecular weight excluding hydrogens is 319 g/mol. The van der Waals surface area contributed by atoms with Crippen LogP contribution in [0.25, 0.3) is 11.3 Å². The minimum Gasteiger partial charge on any atom is -0.296 e. The van der Waals surface area contributed by atoms with Crippen LogP contribution < -0.4 is 10.9 Å². The Bertz CT molecular complexity index is 897. The largest absolute Gasteiger partial charge is 0.296 e. The van der Waals surface area contributed by atoms with Crippen LogP contribution in [0.4, 0.5) is 9.52 Å². The molecule has 0 saturated carbocycles. The lowest BCUT2D eigenvalue weighted by Crippen LogP contribution is -2.17. The van der Waals surface area contributed by atoms with Gasteiger partial charge < -0.3 is 0 Å². The summed E-state index contributed by atoms with van der Waals surface area (Å²) in [6.07, 6.45) is 0. The maximum absolute atomic E-state index is 13.0. The summed E-state index contributed by atoms with van der Waals surface area (Å²) in [4.78, 5) is 28.2. The highest BCUT2D eigenvalue weighted by molar-refractivity contribution is 7.16. The van der Waals surface area contributed by atoms with Gasteiger partial charge in [0, 0.05) is 16.5 Å². The predicted molar refractivity (Wildman–Crippen MR) is 85.1 cm³/mol. The number of rotatable bonds is 3. The molecule has 0 bridgehead atoms. The summed E-state index contributed by atoms with van der Waals surface area (Å²) in [6, 6.07) is 8.53. The molecule has 8 heteroatoms. The Labute approximate surface area is 134 Å². The lowest BCUT2D eigenvalue weighted by Gasteiger charge is -2.00. The first-order valence-corrected chi connectivity index (χ1v) is 7.45. The number of amides is 1. The van der Waals surface area contributed by atoms with Gasteiger partial charge in [0.05, 0.1) is 5.69 Å². The van der Waals surface area contributed by atoms with E-state index in [-0.39, 0.29) is 17.1 Å². The molecule has 1 amide bonds. The lowest BCUT2D eigenvalue weighted by atomic mass is 10.1. The Kier molecular flexibility index (Phi) is 3.98. The summed E-state index contributed by atoms with van der Waals surface area (Å²) in [7, 11) is 0. The van der Waals surface area contributed by atoms with Crippen molar-refractivity contribution in [1.29, 1.82) is 0 Å². The Morgan fingerprint density at radius 1 is 1.22 bits per heavy atom. The van der Waals surface area contributed by atoms with Crippen LogP contribution in [0.1, 0.15) is 15.4 Å². The van der Waals surface area contributed by atoms with Gasteiger partial charge in [0.1, 0.15) is 11.5 Å². The number of nitrogens with zero attached hydrogens (tertiary/aromatic N) is 2. The quantitative estimate of drug-likeness (QED) is 0.772. The van der Waals surface area contributed by atoms with Crippen molar-refractivity contribution in [3.05, 3.63) is 63.1 Å². The molecule has 116 valence electrons. The van der Waals surface area contributed by atoms with E-state index in [0.29, 0.717) is 10.8 Å². The molecule has 2 aromatic heterocycles. The SMILES string of the molecule is Cc1sc(NC(=O)c2ccc(=O)[nH]n2)nc1-c1ccc(F)cc1. The maximum Gasteiger partial charge on any atom is 0.277 e. The van der Waals surface area contributed by atoms with E-state index < -0.39 is 5.91 Å². The van der Waals surface area contributed by atoms with Gasteiger partial charge >= 0.3 is 0 Å². The van der Waals surface area contributed by atoms with Crippen LogP contribution in [0, 0.1) is 12.7 Å². The molecule has 0 atom stereocenters. The molecule has 1 aromatic carbocycles. The first-order valence-electron chi connectivity index (χ1n) is 6.63. The van der Waals surface area contributed by atoms with Crippen molar-refractivity contribution in [3.63, 3.8) is 0 Å². The molecular formula is C15H11FN4O2S. The number of carbonyl (C=O) groups is 1.